The zero-order valence-corrected chi connectivity index (χ0v) is 9.13. The molecule has 0 saturated heterocycles. The van der Waals surface area contributed by atoms with Gasteiger partial charge in [0, 0.05) is 12.3 Å². The highest BCUT2D eigenvalue weighted by Gasteiger charge is 1.96. The van der Waals surface area contributed by atoms with E-state index in [2.05, 4.69) is 16.9 Å². The molecule has 0 amide bonds. The van der Waals surface area contributed by atoms with E-state index in [1.165, 1.54) is 19.3 Å². The van der Waals surface area contributed by atoms with Crippen molar-refractivity contribution >= 4 is 11.6 Å². The molecular weight excluding hydrogens is 200 g/mol. The maximum absolute atomic E-state index is 5.61. The van der Waals surface area contributed by atoms with Crippen molar-refractivity contribution in [2.45, 2.75) is 32.6 Å². The summed E-state index contributed by atoms with van der Waals surface area (Å²) in [5, 5.41) is 0.232. The van der Waals surface area contributed by atoms with E-state index in [9.17, 15) is 0 Å². The number of unbranched alkanes of at least 4 members (excludes halogenated alkanes) is 3. The summed E-state index contributed by atoms with van der Waals surface area (Å²) >= 11 is 5.61. The summed E-state index contributed by atoms with van der Waals surface area (Å²) in [6.07, 6.45) is 6.36. The molecule has 0 bridgehead atoms. The molecule has 14 heavy (non-hydrogen) atoms. The number of ether oxygens (including phenoxy) is 1. The molecule has 0 unspecified atom stereocenters. The molecular formula is C10H15ClN2O. The Hall–Kier alpha value is -0.830. The normalized spacial score (nSPS) is 10.1. The first-order valence-corrected chi connectivity index (χ1v) is 5.32. The number of nitrogens with zero attached hydrogens (tertiary/aromatic N) is 2. The van der Waals surface area contributed by atoms with Crippen molar-refractivity contribution in [1.82, 2.24) is 9.97 Å². The molecule has 0 fully saturated rings. The largest absolute Gasteiger partial charge is 0.478 e. The molecule has 3 nitrogen and oxygen atoms in total. The second-order valence-electron chi connectivity index (χ2n) is 3.07. The smallest absolute Gasteiger partial charge is 0.225 e. The van der Waals surface area contributed by atoms with E-state index in [0.29, 0.717) is 12.5 Å². The van der Waals surface area contributed by atoms with E-state index in [1.54, 1.807) is 12.3 Å². The molecule has 0 saturated carbocycles. The number of halogens is 1. The van der Waals surface area contributed by atoms with Crippen LogP contribution in [0.25, 0.3) is 0 Å². The number of hydrogen-bond donors (Lipinski definition) is 0. The maximum Gasteiger partial charge on any atom is 0.225 e. The average Bonchev–Trinajstić information content (AvgIpc) is 2.18. The SMILES string of the molecule is CCCCCCOc1ccnc(Cl)n1. The van der Waals surface area contributed by atoms with Crippen LogP contribution < -0.4 is 4.74 Å². The van der Waals surface area contributed by atoms with Gasteiger partial charge in [-0.3, -0.25) is 0 Å². The van der Waals surface area contributed by atoms with Gasteiger partial charge in [-0.25, -0.2) is 4.98 Å². The number of rotatable bonds is 6. The Kier molecular flexibility index (Phi) is 5.30. The third-order valence-corrected chi connectivity index (χ3v) is 2.03. The van der Waals surface area contributed by atoms with Crippen LogP contribution >= 0.6 is 11.6 Å². The van der Waals surface area contributed by atoms with Gasteiger partial charge in [-0.1, -0.05) is 26.2 Å². The Morgan fingerprint density at radius 1 is 1.36 bits per heavy atom. The fourth-order valence-corrected chi connectivity index (χ4v) is 1.25. The van der Waals surface area contributed by atoms with Crippen molar-refractivity contribution in [1.29, 1.82) is 0 Å². The van der Waals surface area contributed by atoms with Crippen molar-refractivity contribution in [3.8, 4) is 5.88 Å². The number of aromatic nitrogens is 2. The van der Waals surface area contributed by atoms with Crippen LogP contribution in [0.5, 0.6) is 5.88 Å². The van der Waals surface area contributed by atoms with Gasteiger partial charge in [0.2, 0.25) is 11.2 Å². The third kappa shape index (κ3) is 4.42. The second-order valence-corrected chi connectivity index (χ2v) is 3.41. The van der Waals surface area contributed by atoms with Crippen LogP contribution in [-0.4, -0.2) is 16.6 Å². The minimum absolute atomic E-state index is 0.232. The lowest BCUT2D eigenvalue weighted by Crippen LogP contribution is -1.99. The lowest BCUT2D eigenvalue weighted by atomic mass is 10.2. The van der Waals surface area contributed by atoms with Crippen LogP contribution in [-0.2, 0) is 0 Å². The molecule has 0 aromatic carbocycles. The Bertz CT molecular complexity index is 268. The van der Waals surface area contributed by atoms with Gasteiger partial charge >= 0.3 is 0 Å². The van der Waals surface area contributed by atoms with Crippen LogP contribution in [0.4, 0.5) is 0 Å². The summed E-state index contributed by atoms with van der Waals surface area (Å²) in [6, 6.07) is 1.71. The van der Waals surface area contributed by atoms with E-state index in [0.717, 1.165) is 6.42 Å². The standard InChI is InChI=1S/C10H15ClN2O/c1-2-3-4-5-8-14-9-6-7-12-10(11)13-9/h6-7H,2-5,8H2,1H3. The Morgan fingerprint density at radius 2 is 2.21 bits per heavy atom. The van der Waals surface area contributed by atoms with Crippen molar-refractivity contribution in [3.05, 3.63) is 17.5 Å². The molecule has 0 spiro atoms. The summed E-state index contributed by atoms with van der Waals surface area (Å²) in [5.41, 5.74) is 0. The van der Waals surface area contributed by atoms with Crippen molar-refractivity contribution in [2.75, 3.05) is 6.61 Å². The predicted molar refractivity (Wildman–Crippen MR) is 56.7 cm³/mol. The van der Waals surface area contributed by atoms with Crippen molar-refractivity contribution < 1.29 is 4.74 Å². The highest BCUT2D eigenvalue weighted by atomic mass is 35.5. The molecule has 1 aromatic heterocycles. The highest BCUT2D eigenvalue weighted by molar-refractivity contribution is 6.28. The van der Waals surface area contributed by atoms with E-state index in [4.69, 9.17) is 16.3 Å². The molecule has 0 N–H and O–H groups in total. The second kappa shape index (κ2) is 6.60. The maximum atomic E-state index is 5.61. The average molecular weight is 215 g/mol. The van der Waals surface area contributed by atoms with Crippen molar-refractivity contribution in [2.24, 2.45) is 0 Å². The van der Waals surface area contributed by atoms with E-state index < -0.39 is 0 Å². The van der Waals surface area contributed by atoms with Crippen LogP contribution in [0.15, 0.2) is 12.3 Å². The zero-order valence-electron chi connectivity index (χ0n) is 8.37. The molecule has 1 heterocycles. The Balaban J connectivity index is 2.18. The zero-order chi connectivity index (χ0) is 10.2. The summed E-state index contributed by atoms with van der Waals surface area (Å²) in [4.78, 5) is 7.69. The van der Waals surface area contributed by atoms with Crippen LogP contribution in [0.2, 0.25) is 5.28 Å². The first-order valence-electron chi connectivity index (χ1n) is 4.94. The molecule has 0 atom stereocenters. The van der Waals surface area contributed by atoms with Gasteiger partial charge in [-0.05, 0) is 18.0 Å². The molecule has 0 aliphatic carbocycles. The summed E-state index contributed by atoms with van der Waals surface area (Å²) < 4.78 is 5.40. The molecule has 1 rings (SSSR count). The topological polar surface area (TPSA) is 35.0 Å². The Labute approximate surface area is 89.5 Å². The van der Waals surface area contributed by atoms with Gasteiger partial charge in [0.15, 0.2) is 0 Å². The van der Waals surface area contributed by atoms with Gasteiger partial charge < -0.3 is 4.74 Å². The van der Waals surface area contributed by atoms with Crippen molar-refractivity contribution in [3.63, 3.8) is 0 Å². The molecule has 0 aliphatic rings. The quantitative estimate of drug-likeness (QED) is 0.539. The van der Waals surface area contributed by atoms with Gasteiger partial charge in [-0.15, -0.1) is 0 Å². The first-order chi connectivity index (χ1) is 6.83. The van der Waals surface area contributed by atoms with Crippen LogP contribution in [0, 0.1) is 0 Å². The van der Waals surface area contributed by atoms with Crippen LogP contribution in [0.1, 0.15) is 32.6 Å². The van der Waals surface area contributed by atoms with Gasteiger partial charge in [0.1, 0.15) is 0 Å². The van der Waals surface area contributed by atoms with Crippen LogP contribution in [0.3, 0.4) is 0 Å². The van der Waals surface area contributed by atoms with E-state index >= 15 is 0 Å². The predicted octanol–water partition coefficient (Wildman–Crippen LogP) is 3.09. The lowest BCUT2D eigenvalue weighted by Gasteiger charge is -2.03. The minimum atomic E-state index is 0.232. The molecule has 1 aromatic rings. The first kappa shape index (κ1) is 11.2. The molecule has 0 radical (unpaired) electrons. The van der Waals surface area contributed by atoms with Gasteiger partial charge in [0.25, 0.3) is 0 Å². The minimum Gasteiger partial charge on any atom is -0.478 e. The van der Waals surface area contributed by atoms with Gasteiger partial charge in [0.05, 0.1) is 6.61 Å². The number of hydrogen-bond acceptors (Lipinski definition) is 3. The Morgan fingerprint density at radius 3 is 2.93 bits per heavy atom. The summed E-state index contributed by atoms with van der Waals surface area (Å²) in [5.74, 6) is 0.557. The fraction of sp³-hybridized carbons (Fsp3) is 0.600. The highest BCUT2D eigenvalue weighted by Crippen LogP contribution is 2.09. The lowest BCUT2D eigenvalue weighted by molar-refractivity contribution is 0.293. The van der Waals surface area contributed by atoms with E-state index in [1.807, 2.05) is 0 Å². The van der Waals surface area contributed by atoms with Gasteiger partial charge in [-0.2, -0.15) is 4.98 Å². The summed E-state index contributed by atoms with van der Waals surface area (Å²) in [6.45, 7) is 2.89. The monoisotopic (exact) mass is 214 g/mol. The fourth-order valence-electron chi connectivity index (χ4n) is 1.11. The molecule has 0 aliphatic heterocycles. The molecule has 4 heteroatoms. The summed E-state index contributed by atoms with van der Waals surface area (Å²) in [7, 11) is 0. The van der Waals surface area contributed by atoms with E-state index in [-0.39, 0.29) is 5.28 Å². The third-order valence-electron chi connectivity index (χ3n) is 1.85. The molecule has 78 valence electrons.